The van der Waals surface area contributed by atoms with Crippen molar-refractivity contribution in [3.05, 3.63) is 89.5 Å². The van der Waals surface area contributed by atoms with E-state index in [1.807, 2.05) is 6.92 Å². The minimum absolute atomic E-state index is 0.153. The molecule has 0 radical (unpaired) electrons. The number of carbonyl (C=O) groups is 1. The van der Waals surface area contributed by atoms with E-state index >= 15 is 0 Å². The highest BCUT2D eigenvalue weighted by atomic mass is 32.2. The van der Waals surface area contributed by atoms with Crippen molar-refractivity contribution >= 4 is 27.4 Å². The number of para-hydroxylation sites is 2. The number of carboxylic acids is 1. The predicted molar refractivity (Wildman–Crippen MR) is 109 cm³/mol. The summed E-state index contributed by atoms with van der Waals surface area (Å²) in [4.78, 5) is 11.5. The lowest BCUT2D eigenvalue weighted by molar-refractivity contribution is 0.0698. The van der Waals surface area contributed by atoms with Crippen LogP contribution in [0.4, 0.5) is 11.4 Å². The zero-order valence-electron chi connectivity index (χ0n) is 15.2. The van der Waals surface area contributed by atoms with Crippen molar-refractivity contribution in [1.29, 1.82) is 0 Å². The molecule has 0 unspecified atom stereocenters. The van der Waals surface area contributed by atoms with E-state index in [1.165, 1.54) is 6.07 Å². The minimum atomic E-state index is -3.73. The van der Waals surface area contributed by atoms with E-state index in [9.17, 15) is 18.3 Å². The molecule has 0 aliphatic heterocycles. The molecule has 3 N–H and O–H groups in total. The summed E-state index contributed by atoms with van der Waals surface area (Å²) < 4.78 is 28.0. The number of rotatable bonds is 7. The van der Waals surface area contributed by atoms with Crippen LogP contribution >= 0.6 is 0 Å². The Morgan fingerprint density at radius 3 is 2.18 bits per heavy atom. The summed E-state index contributed by atoms with van der Waals surface area (Å²) in [6.45, 7) is 2.15. The standard InChI is InChI=1S/C21H20N2O4S/c1-15-10-12-17(13-11-15)28(26,27)23-19-8-4-2-6-16(19)14-22-20-9-5-3-7-18(20)21(24)25/h2-13,22-23H,14H2,1H3,(H,24,25). The molecule has 0 fully saturated rings. The number of aromatic carboxylic acids is 1. The van der Waals surface area contributed by atoms with Crippen LogP contribution in [0.1, 0.15) is 21.5 Å². The molecule has 0 aromatic heterocycles. The van der Waals surface area contributed by atoms with Crippen molar-refractivity contribution in [3.8, 4) is 0 Å². The molecular formula is C21H20N2O4S. The highest BCUT2D eigenvalue weighted by molar-refractivity contribution is 7.92. The molecule has 144 valence electrons. The molecule has 3 aromatic rings. The summed E-state index contributed by atoms with van der Waals surface area (Å²) in [6.07, 6.45) is 0. The second-order valence-electron chi connectivity index (χ2n) is 6.28. The molecule has 0 saturated heterocycles. The number of hydrogen-bond acceptors (Lipinski definition) is 4. The largest absolute Gasteiger partial charge is 0.478 e. The minimum Gasteiger partial charge on any atom is -0.478 e. The monoisotopic (exact) mass is 396 g/mol. The summed E-state index contributed by atoms with van der Waals surface area (Å²) in [7, 11) is -3.73. The first-order chi connectivity index (χ1) is 13.4. The van der Waals surface area contributed by atoms with E-state index in [0.29, 0.717) is 16.9 Å². The first kappa shape index (κ1) is 19.4. The quantitative estimate of drug-likeness (QED) is 0.559. The first-order valence-corrected chi connectivity index (χ1v) is 10.1. The predicted octanol–water partition coefficient (Wildman–Crippen LogP) is 4.11. The molecule has 0 amide bonds. The maximum absolute atomic E-state index is 12.7. The lowest BCUT2D eigenvalue weighted by Gasteiger charge is -2.15. The fourth-order valence-electron chi connectivity index (χ4n) is 2.71. The summed E-state index contributed by atoms with van der Waals surface area (Å²) >= 11 is 0. The second kappa shape index (κ2) is 8.14. The van der Waals surface area contributed by atoms with Gasteiger partial charge in [-0.1, -0.05) is 48.0 Å². The number of benzene rings is 3. The van der Waals surface area contributed by atoms with E-state index in [1.54, 1.807) is 66.7 Å². The van der Waals surface area contributed by atoms with E-state index in [2.05, 4.69) is 10.0 Å². The van der Waals surface area contributed by atoms with Crippen LogP contribution in [0.15, 0.2) is 77.7 Å². The SMILES string of the molecule is Cc1ccc(S(=O)(=O)Nc2ccccc2CNc2ccccc2C(=O)O)cc1. The molecule has 3 rings (SSSR count). The van der Waals surface area contributed by atoms with Gasteiger partial charge in [-0.05, 0) is 42.8 Å². The number of hydrogen-bond donors (Lipinski definition) is 3. The van der Waals surface area contributed by atoms with Crippen LogP contribution in [0.25, 0.3) is 0 Å². The Bertz CT molecular complexity index is 1090. The number of anilines is 2. The highest BCUT2D eigenvalue weighted by Gasteiger charge is 2.16. The molecule has 0 bridgehead atoms. The molecule has 0 atom stereocenters. The first-order valence-electron chi connectivity index (χ1n) is 8.60. The number of nitrogens with one attached hydrogen (secondary N) is 2. The molecule has 0 aliphatic rings. The Labute approximate surface area is 163 Å². The van der Waals surface area contributed by atoms with Crippen molar-refractivity contribution < 1.29 is 18.3 Å². The van der Waals surface area contributed by atoms with Crippen LogP contribution in [0.5, 0.6) is 0 Å². The Morgan fingerprint density at radius 1 is 0.893 bits per heavy atom. The van der Waals surface area contributed by atoms with Gasteiger partial charge in [-0.3, -0.25) is 4.72 Å². The molecule has 0 aliphatic carbocycles. The Balaban J connectivity index is 1.82. The van der Waals surface area contributed by atoms with Gasteiger partial charge in [-0.15, -0.1) is 0 Å². The highest BCUT2D eigenvalue weighted by Crippen LogP contribution is 2.23. The van der Waals surface area contributed by atoms with Gasteiger partial charge in [0.25, 0.3) is 10.0 Å². The molecular weight excluding hydrogens is 376 g/mol. The normalized spacial score (nSPS) is 11.0. The van der Waals surface area contributed by atoms with Crippen LogP contribution in [-0.4, -0.2) is 19.5 Å². The Kier molecular flexibility index (Phi) is 5.65. The van der Waals surface area contributed by atoms with Gasteiger partial charge in [0.15, 0.2) is 0 Å². The number of sulfonamides is 1. The second-order valence-corrected chi connectivity index (χ2v) is 7.96. The molecule has 0 spiro atoms. The van der Waals surface area contributed by atoms with Crippen molar-refractivity contribution in [2.24, 2.45) is 0 Å². The third-order valence-corrected chi connectivity index (χ3v) is 5.60. The van der Waals surface area contributed by atoms with Crippen molar-refractivity contribution in [2.45, 2.75) is 18.4 Å². The van der Waals surface area contributed by atoms with E-state index in [-0.39, 0.29) is 17.0 Å². The average molecular weight is 396 g/mol. The third kappa shape index (κ3) is 4.50. The lowest BCUT2D eigenvalue weighted by Crippen LogP contribution is -2.15. The molecule has 6 nitrogen and oxygen atoms in total. The van der Waals surface area contributed by atoms with Crippen LogP contribution < -0.4 is 10.0 Å². The van der Waals surface area contributed by atoms with Gasteiger partial charge in [0.1, 0.15) is 0 Å². The van der Waals surface area contributed by atoms with E-state index in [4.69, 9.17) is 0 Å². The molecule has 0 heterocycles. The Morgan fingerprint density at radius 2 is 1.50 bits per heavy atom. The summed E-state index contributed by atoms with van der Waals surface area (Å²) in [6, 6.07) is 20.2. The fourth-order valence-corrected chi connectivity index (χ4v) is 3.81. The topological polar surface area (TPSA) is 95.5 Å². The van der Waals surface area contributed by atoms with Gasteiger partial charge in [-0.25, -0.2) is 13.2 Å². The lowest BCUT2D eigenvalue weighted by atomic mass is 10.1. The summed E-state index contributed by atoms with van der Waals surface area (Å²) in [5, 5.41) is 12.4. The van der Waals surface area contributed by atoms with E-state index in [0.717, 1.165) is 5.56 Å². The van der Waals surface area contributed by atoms with Gasteiger partial charge in [0, 0.05) is 12.2 Å². The molecule has 3 aromatic carbocycles. The summed E-state index contributed by atoms with van der Waals surface area (Å²) in [5.74, 6) is -1.03. The van der Waals surface area contributed by atoms with Gasteiger partial charge >= 0.3 is 5.97 Å². The number of aryl methyl sites for hydroxylation is 1. The molecule has 0 saturated carbocycles. The van der Waals surface area contributed by atoms with Crippen molar-refractivity contribution in [3.63, 3.8) is 0 Å². The van der Waals surface area contributed by atoms with Crippen LogP contribution in [-0.2, 0) is 16.6 Å². The third-order valence-electron chi connectivity index (χ3n) is 4.22. The van der Waals surface area contributed by atoms with Crippen LogP contribution in [0, 0.1) is 6.92 Å². The van der Waals surface area contributed by atoms with Crippen molar-refractivity contribution in [1.82, 2.24) is 0 Å². The van der Waals surface area contributed by atoms with Crippen LogP contribution in [0.2, 0.25) is 0 Å². The average Bonchev–Trinajstić information content (AvgIpc) is 2.67. The molecule has 7 heteroatoms. The maximum atomic E-state index is 12.7. The zero-order valence-corrected chi connectivity index (χ0v) is 16.0. The van der Waals surface area contributed by atoms with E-state index < -0.39 is 16.0 Å². The van der Waals surface area contributed by atoms with Crippen LogP contribution in [0.3, 0.4) is 0 Å². The van der Waals surface area contributed by atoms with Gasteiger partial charge in [0.05, 0.1) is 16.1 Å². The van der Waals surface area contributed by atoms with Gasteiger partial charge < -0.3 is 10.4 Å². The van der Waals surface area contributed by atoms with Gasteiger partial charge in [0.2, 0.25) is 0 Å². The summed E-state index contributed by atoms with van der Waals surface area (Å²) in [5.41, 5.74) is 2.72. The fraction of sp³-hybridized carbons (Fsp3) is 0.0952. The smallest absolute Gasteiger partial charge is 0.337 e. The van der Waals surface area contributed by atoms with Gasteiger partial charge in [-0.2, -0.15) is 0 Å². The number of carboxylic acid groups (broad SMARTS) is 1. The Hall–Kier alpha value is -3.32. The van der Waals surface area contributed by atoms with Crippen molar-refractivity contribution in [2.75, 3.05) is 10.0 Å². The molecule has 28 heavy (non-hydrogen) atoms. The maximum Gasteiger partial charge on any atom is 0.337 e. The zero-order chi connectivity index (χ0) is 20.1.